The van der Waals surface area contributed by atoms with E-state index in [1.54, 1.807) is 45.5 Å². The fourth-order valence-electron chi connectivity index (χ4n) is 2.67. The zero-order valence-corrected chi connectivity index (χ0v) is 16.2. The fraction of sp³-hybridized carbons (Fsp3) is 0.350. The molecule has 2 amide bonds. The van der Waals surface area contributed by atoms with Gasteiger partial charge in [-0.25, -0.2) is 4.79 Å². The third kappa shape index (κ3) is 5.73. The third-order valence-electron chi connectivity index (χ3n) is 4.16. The largest absolute Gasteiger partial charge is 0.497 e. The normalized spacial score (nSPS) is 11.7. The van der Waals surface area contributed by atoms with E-state index in [0.29, 0.717) is 18.0 Å². The van der Waals surface area contributed by atoms with Crippen LogP contribution in [0.15, 0.2) is 42.5 Å². The van der Waals surface area contributed by atoms with Gasteiger partial charge in [-0.2, -0.15) is 8.78 Å². The van der Waals surface area contributed by atoms with Crippen LogP contribution >= 0.6 is 0 Å². The van der Waals surface area contributed by atoms with Crippen LogP contribution in [0, 0.1) is 0 Å². The van der Waals surface area contributed by atoms with Crippen molar-refractivity contribution in [2.75, 3.05) is 21.3 Å². The van der Waals surface area contributed by atoms with Crippen LogP contribution in [-0.2, 0) is 6.54 Å². The Hall–Kier alpha value is -3.03. The molecule has 0 saturated carbocycles. The number of ether oxygens (including phenoxy) is 3. The maximum Gasteiger partial charge on any atom is 0.387 e. The Morgan fingerprint density at radius 1 is 1.07 bits per heavy atom. The number of hydrogen-bond acceptors (Lipinski definition) is 4. The van der Waals surface area contributed by atoms with Gasteiger partial charge in [0.1, 0.15) is 17.2 Å². The molecule has 0 heterocycles. The first-order chi connectivity index (χ1) is 13.3. The summed E-state index contributed by atoms with van der Waals surface area (Å²) in [5, 5.41) is 2.91. The summed E-state index contributed by atoms with van der Waals surface area (Å²) in [7, 11) is 4.78. The molecule has 0 radical (unpaired) electrons. The van der Waals surface area contributed by atoms with E-state index in [1.165, 1.54) is 17.0 Å². The molecule has 0 bridgehead atoms. The Morgan fingerprint density at radius 3 is 2.29 bits per heavy atom. The number of hydrogen-bond donors (Lipinski definition) is 1. The molecule has 6 nitrogen and oxygen atoms in total. The lowest BCUT2D eigenvalue weighted by Crippen LogP contribution is -2.38. The minimum absolute atomic E-state index is 0.0737. The van der Waals surface area contributed by atoms with Crippen molar-refractivity contribution in [1.82, 2.24) is 10.2 Å². The van der Waals surface area contributed by atoms with E-state index in [9.17, 15) is 13.6 Å². The highest BCUT2D eigenvalue weighted by molar-refractivity contribution is 5.74. The van der Waals surface area contributed by atoms with Crippen molar-refractivity contribution in [2.45, 2.75) is 26.1 Å². The van der Waals surface area contributed by atoms with Gasteiger partial charge in [0.15, 0.2) is 0 Å². The Labute approximate surface area is 163 Å². The molecule has 2 aromatic carbocycles. The van der Waals surface area contributed by atoms with Crippen LogP contribution in [0.3, 0.4) is 0 Å². The number of methoxy groups -OCH3 is 2. The molecular formula is C20H24F2N2O4. The number of urea groups is 1. The van der Waals surface area contributed by atoms with E-state index in [0.717, 1.165) is 11.1 Å². The molecule has 0 fully saturated rings. The van der Waals surface area contributed by atoms with E-state index >= 15 is 0 Å². The van der Waals surface area contributed by atoms with Gasteiger partial charge in [0, 0.05) is 19.2 Å². The van der Waals surface area contributed by atoms with Crippen LogP contribution in [0.4, 0.5) is 13.6 Å². The quantitative estimate of drug-likeness (QED) is 0.729. The summed E-state index contributed by atoms with van der Waals surface area (Å²) in [6.07, 6.45) is 0. The first-order valence-electron chi connectivity index (χ1n) is 8.61. The van der Waals surface area contributed by atoms with E-state index in [2.05, 4.69) is 10.1 Å². The van der Waals surface area contributed by atoms with Gasteiger partial charge in [0.05, 0.1) is 20.3 Å². The lowest BCUT2D eigenvalue weighted by atomic mass is 10.1. The molecule has 0 aliphatic carbocycles. The molecule has 1 N–H and O–H groups in total. The van der Waals surface area contributed by atoms with Crippen molar-refractivity contribution in [1.29, 1.82) is 0 Å². The van der Waals surface area contributed by atoms with E-state index in [4.69, 9.17) is 9.47 Å². The van der Waals surface area contributed by atoms with Gasteiger partial charge in [-0.15, -0.1) is 0 Å². The number of nitrogens with one attached hydrogen (secondary N) is 1. The lowest BCUT2D eigenvalue weighted by Gasteiger charge is -2.23. The average Bonchev–Trinajstić information content (AvgIpc) is 2.68. The molecule has 2 rings (SSSR count). The monoisotopic (exact) mass is 394 g/mol. The predicted octanol–water partition coefficient (Wildman–Crippen LogP) is 4.21. The molecular weight excluding hydrogens is 370 g/mol. The van der Waals surface area contributed by atoms with Crippen molar-refractivity contribution in [3.05, 3.63) is 53.6 Å². The summed E-state index contributed by atoms with van der Waals surface area (Å²) in [4.78, 5) is 14.0. The molecule has 2 aromatic rings. The second kappa shape index (κ2) is 9.77. The highest BCUT2D eigenvalue weighted by Gasteiger charge is 2.17. The number of alkyl halides is 2. The Balaban J connectivity index is 2.00. The number of amides is 2. The standard InChI is InChI=1S/C20H24F2N2O4/c1-13(17-11-16(26-3)9-10-18(17)27-4)23-20(25)24(2)12-14-5-7-15(8-6-14)28-19(21)22/h5-11,13,19H,12H2,1-4H3,(H,23,25). The number of benzene rings is 2. The second-order valence-electron chi connectivity index (χ2n) is 6.16. The average molecular weight is 394 g/mol. The summed E-state index contributed by atoms with van der Waals surface area (Å²) in [5.41, 5.74) is 1.57. The highest BCUT2D eigenvalue weighted by Crippen LogP contribution is 2.29. The molecule has 0 spiro atoms. The first kappa shape index (κ1) is 21.3. The molecule has 0 aliphatic rings. The molecule has 0 saturated heterocycles. The van der Waals surface area contributed by atoms with Gasteiger partial charge < -0.3 is 24.4 Å². The number of rotatable bonds is 8. The van der Waals surface area contributed by atoms with Gasteiger partial charge in [0.2, 0.25) is 0 Å². The summed E-state index contributed by atoms with van der Waals surface area (Å²) < 4.78 is 39.3. The maximum atomic E-state index is 12.5. The Kier molecular flexibility index (Phi) is 7.43. The lowest BCUT2D eigenvalue weighted by molar-refractivity contribution is -0.0498. The number of carbonyl (C=O) groups is 1. The molecule has 0 aromatic heterocycles. The van der Waals surface area contributed by atoms with Crippen molar-refractivity contribution in [2.24, 2.45) is 0 Å². The second-order valence-corrected chi connectivity index (χ2v) is 6.16. The van der Waals surface area contributed by atoms with Crippen molar-refractivity contribution < 1.29 is 27.8 Å². The van der Waals surface area contributed by atoms with Gasteiger partial charge in [-0.1, -0.05) is 12.1 Å². The van der Waals surface area contributed by atoms with E-state index < -0.39 is 6.61 Å². The van der Waals surface area contributed by atoms with Crippen LogP contribution < -0.4 is 19.5 Å². The number of carbonyl (C=O) groups excluding carboxylic acids is 1. The zero-order valence-electron chi connectivity index (χ0n) is 16.2. The molecule has 152 valence electrons. The minimum atomic E-state index is -2.87. The maximum absolute atomic E-state index is 12.5. The zero-order chi connectivity index (χ0) is 20.7. The van der Waals surface area contributed by atoms with E-state index in [1.807, 2.05) is 13.0 Å². The molecule has 1 unspecified atom stereocenters. The summed E-state index contributed by atoms with van der Waals surface area (Å²) in [6.45, 7) is -0.711. The molecule has 0 aliphatic heterocycles. The molecule has 8 heteroatoms. The van der Waals surface area contributed by atoms with Crippen LogP contribution in [0.1, 0.15) is 24.1 Å². The summed E-state index contributed by atoms with van der Waals surface area (Å²) >= 11 is 0. The number of halogens is 2. The smallest absolute Gasteiger partial charge is 0.387 e. The minimum Gasteiger partial charge on any atom is -0.497 e. The van der Waals surface area contributed by atoms with Crippen LogP contribution in [0.25, 0.3) is 0 Å². The van der Waals surface area contributed by atoms with Crippen molar-refractivity contribution in [3.8, 4) is 17.2 Å². The van der Waals surface area contributed by atoms with Crippen LogP contribution in [0.5, 0.6) is 17.2 Å². The summed E-state index contributed by atoms with van der Waals surface area (Å²) in [6, 6.07) is 10.9. The van der Waals surface area contributed by atoms with Crippen molar-refractivity contribution in [3.63, 3.8) is 0 Å². The predicted molar refractivity (Wildman–Crippen MR) is 101 cm³/mol. The van der Waals surface area contributed by atoms with Crippen LogP contribution in [0.2, 0.25) is 0 Å². The van der Waals surface area contributed by atoms with Gasteiger partial charge in [-0.3, -0.25) is 0 Å². The van der Waals surface area contributed by atoms with E-state index in [-0.39, 0.29) is 17.8 Å². The highest BCUT2D eigenvalue weighted by atomic mass is 19.3. The van der Waals surface area contributed by atoms with Crippen molar-refractivity contribution >= 4 is 6.03 Å². The first-order valence-corrected chi connectivity index (χ1v) is 8.61. The molecule has 1 atom stereocenters. The summed E-state index contributed by atoms with van der Waals surface area (Å²) in [5.74, 6) is 1.38. The Bertz CT molecular complexity index is 784. The fourth-order valence-corrected chi connectivity index (χ4v) is 2.67. The SMILES string of the molecule is COc1ccc(OC)c(C(C)NC(=O)N(C)Cc2ccc(OC(F)F)cc2)c1. The topological polar surface area (TPSA) is 60.0 Å². The van der Waals surface area contributed by atoms with Crippen LogP contribution in [-0.4, -0.2) is 38.8 Å². The third-order valence-corrected chi connectivity index (χ3v) is 4.16. The Morgan fingerprint density at radius 2 is 1.71 bits per heavy atom. The van der Waals surface area contributed by atoms with Gasteiger partial charge in [-0.05, 0) is 42.8 Å². The molecule has 28 heavy (non-hydrogen) atoms. The van der Waals surface area contributed by atoms with Gasteiger partial charge >= 0.3 is 12.6 Å². The van der Waals surface area contributed by atoms with Gasteiger partial charge in [0.25, 0.3) is 0 Å². The number of nitrogens with zero attached hydrogens (tertiary/aromatic N) is 1.